The molecular formula is C15H13ClN2O2. The van der Waals surface area contributed by atoms with E-state index in [-0.39, 0.29) is 11.7 Å². The molecule has 5 heteroatoms. The summed E-state index contributed by atoms with van der Waals surface area (Å²) in [5, 5.41) is 3.07. The lowest BCUT2D eigenvalue weighted by molar-refractivity contribution is 0.101. The molecule has 2 rings (SSSR count). The predicted molar refractivity (Wildman–Crippen MR) is 78.4 cm³/mol. The van der Waals surface area contributed by atoms with Crippen molar-refractivity contribution in [2.75, 3.05) is 5.32 Å². The number of rotatable bonds is 3. The maximum atomic E-state index is 12.1. The Hall–Kier alpha value is -2.20. The molecule has 0 unspecified atom stereocenters. The number of amides is 1. The van der Waals surface area contributed by atoms with E-state index in [4.69, 9.17) is 11.6 Å². The largest absolute Gasteiger partial charge is 0.322 e. The van der Waals surface area contributed by atoms with Gasteiger partial charge >= 0.3 is 0 Å². The second-order valence-corrected chi connectivity index (χ2v) is 4.80. The standard InChI is InChI=1S/C15H13ClN2O2/c1-9-7-14(16)13(8-17-9)15(20)18-12-5-3-11(4-6-12)10(2)19/h3-8H,1-2H3,(H,18,20). The Morgan fingerprint density at radius 3 is 2.40 bits per heavy atom. The van der Waals surface area contributed by atoms with Gasteiger partial charge in [0, 0.05) is 23.1 Å². The normalized spacial score (nSPS) is 10.2. The number of hydrogen-bond acceptors (Lipinski definition) is 3. The van der Waals surface area contributed by atoms with Crippen LogP contribution in [0.5, 0.6) is 0 Å². The topological polar surface area (TPSA) is 59.1 Å². The first-order chi connectivity index (χ1) is 9.47. The Labute approximate surface area is 121 Å². The number of carbonyl (C=O) groups excluding carboxylic acids is 2. The summed E-state index contributed by atoms with van der Waals surface area (Å²) in [6.45, 7) is 3.29. The van der Waals surface area contributed by atoms with E-state index in [1.165, 1.54) is 13.1 Å². The van der Waals surface area contributed by atoms with Crippen LogP contribution in [0.4, 0.5) is 5.69 Å². The number of carbonyl (C=O) groups is 2. The minimum Gasteiger partial charge on any atom is -0.322 e. The lowest BCUT2D eigenvalue weighted by atomic mass is 10.1. The molecule has 1 aromatic carbocycles. The van der Waals surface area contributed by atoms with E-state index < -0.39 is 0 Å². The zero-order chi connectivity index (χ0) is 14.7. The number of nitrogens with one attached hydrogen (secondary N) is 1. The Kier molecular flexibility index (Phi) is 4.15. The van der Waals surface area contributed by atoms with Crippen LogP contribution in [0.25, 0.3) is 0 Å². The highest BCUT2D eigenvalue weighted by molar-refractivity contribution is 6.34. The van der Waals surface area contributed by atoms with Crippen LogP contribution in [-0.4, -0.2) is 16.7 Å². The van der Waals surface area contributed by atoms with Crippen molar-refractivity contribution in [2.24, 2.45) is 0 Å². The number of hydrogen-bond donors (Lipinski definition) is 1. The molecule has 1 N–H and O–H groups in total. The van der Waals surface area contributed by atoms with Gasteiger partial charge in [-0.3, -0.25) is 14.6 Å². The second-order valence-electron chi connectivity index (χ2n) is 4.39. The molecule has 20 heavy (non-hydrogen) atoms. The highest BCUT2D eigenvalue weighted by Gasteiger charge is 2.11. The molecule has 0 aliphatic rings. The average Bonchev–Trinajstić information content (AvgIpc) is 2.39. The molecule has 4 nitrogen and oxygen atoms in total. The summed E-state index contributed by atoms with van der Waals surface area (Å²) in [4.78, 5) is 27.3. The van der Waals surface area contributed by atoms with Gasteiger partial charge in [-0.1, -0.05) is 11.6 Å². The molecule has 1 amide bonds. The highest BCUT2D eigenvalue weighted by Crippen LogP contribution is 2.18. The van der Waals surface area contributed by atoms with Crippen LogP contribution in [0, 0.1) is 6.92 Å². The van der Waals surface area contributed by atoms with Gasteiger partial charge in [0.15, 0.2) is 5.78 Å². The van der Waals surface area contributed by atoms with Crippen LogP contribution in [0.3, 0.4) is 0 Å². The maximum absolute atomic E-state index is 12.1. The van der Waals surface area contributed by atoms with Crippen molar-refractivity contribution < 1.29 is 9.59 Å². The summed E-state index contributed by atoms with van der Waals surface area (Å²) in [6, 6.07) is 8.30. The molecule has 0 spiro atoms. The van der Waals surface area contributed by atoms with Gasteiger partial charge in [-0.05, 0) is 44.2 Å². The van der Waals surface area contributed by atoms with Gasteiger partial charge in [0.25, 0.3) is 5.91 Å². The van der Waals surface area contributed by atoms with Gasteiger partial charge in [-0.25, -0.2) is 0 Å². The van der Waals surface area contributed by atoms with Crippen LogP contribution < -0.4 is 5.32 Å². The number of ketones is 1. The SMILES string of the molecule is CC(=O)c1ccc(NC(=O)c2cnc(C)cc2Cl)cc1. The van der Waals surface area contributed by atoms with Crippen molar-refractivity contribution in [1.82, 2.24) is 4.98 Å². The Bertz CT molecular complexity index is 666. The molecule has 0 fully saturated rings. The molecular weight excluding hydrogens is 276 g/mol. The Balaban J connectivity index is 2.17. The molecule has 1 heterocycles. The quantitative estimate of drug-likeness (QED) is 0.879. The maximum Gasteiger partial charge on any atom is 0.258 e. The molecule has 0 aliphatic carbocycles. The second kappa shape index (κ2) is 5.84. The van der Waals surface area contributed by atoms with Gasteiger partial charge in [0.1, 0.15) is 0 Å². The van der Waals surface area contributed by atoms with E-state index in [0.29, 0.717) is 21.8 Å². The number of halogens is 1. The summed E-state index contributed by atoms with van der Waals surface area (Å²) in [7, 11) is 0. The first-order valence-corrected chi connectivity index (χ1v) is 6.39. The van der Waals surface area contributed by atoms with Crippen LogP contribution in [0.2, 0.25) is 5.02 Å². The summed E-state index contributed by atoms with van der Waals surface area (Å²) in [5.41, 5.74) is 2.25. The molecule has 2 aromatic rings. The number of Topliss-reactive ketones (excluding diaryl/α,β-unsaturated/α-hetero) is 1. The molecule has 0 bridgehead atoms. The van der Waals surface area contributed by atoms with Gasteiger partial charge in [0.2, 0.25) is 0 Å². The summed E-state index contributed by atoms with van der Waals surface area (Å²) in [6.07, 6.45) is 1.44. The fraction of sp³-hybridized carbons (Fsp3) is 0.133. The van der Waals surface area contributed by atoms with Crippen molar-refractivity contribution in [2.45, 2.75) is 13.8 Å². The Morgan fingerprint density at radius 2 is 1.85 bits per heavy atom. The average molecular weight is 289 g/mol. The number of benzene rings is 1. The van der Waals surface area contributed by atoms with Gasteiger partial charge in [-0.15, -0.1) is 0 Å². The lowest BCUT2D eigenvalue weighted by Crippen LogP contribution is -2.13. The van der Waals surface area contributed by atoms with Crippen molar-refractivity contribution in [3.63, 3.8) is 0 Å². The summed E-state index contributed by atoms with van der Waals surface area (Å²) < 4.78 is 0. The molecule has 0 saturated carbocycles. The number of pyridine rings is 1. The lowest BCUT2D eigenvalue weighted by Gasteiger charge is -2.07. The number of anilines is 1. The van der Waals surface area contributed by atoms with E-state index in [0.717, 1.165) is 5.69 Å². The summed E-state index contributed by atoms with van der Waals surface area (Å²) in [5.74, 6) is -0.355. The minimum absolute atomic E-state index is 0.0198. The molecule has 0 atom stereocenters. The van der Waals surface area contributed by atoms with Crippen molar-refractivity contribution >= 4 is 29.0 Å². The van der Waals surface area contributed by atoms with E-state index in [9.17, 15) is 9.59 Å². The van der Waals surface area contributed by atoms with Crippen molar-refractivity contribution in [3.8, 4) is 0 Å². The smallest absolute Gasteiger partial charge is 0.258 e. The van der Waals surface area contributed by atoms with Crippen molar-refractivity contribution in [3.05, 3.63) is 58.4 Å². The van der Waals surface area contributed by atoms with Gasteiger partial charge in [-0.2, -0.15) is 0 Å². The first-order valence-electron chi connectivity index (χ1n) is 6.02. The van der Waals surface area contributed by atoms with Crippen LogP contribution >= 0.6 is 11.6 Å². The van der Waals surface area contributed by atoms with E-state index >= 15 is 0 Å². The molecule has 0 aliphatic heterocycles. The van der Waals surface area contributed by atoms with Gasteiger partial charge < -0.3 is 5.32 Å². The molecule has 0 radical (unpaired) electrons. The zero-order valence-corrected chi connectivity index (χ0v) is 11.9. The monoisotopic (exact) mass is 288 g/mol. The van der Waals surface area contributed by atoms with E-state index in [2.05, 4.69) is 10.3 Å². The van der Waals surface area contributed by atoms with E-state index in [1.807, 2.05) is 0 Å². The third-order valence-electron chi connectivity index (χ3n) is 2.78. The third kappa shape index (κ3) is 3.22. The predicted octanol–water partition coefficient (Wildman–Crippen LogP) is 3.50. The molecule has 0 saturated heterocycles. The fourth-order valence-corrected chi connectivity index (χ4v) is 1.97. The first kappa shape index (κ1) is 14.2. The van der Waals surface area contributed by atoms with Gasteiger partial charge in [0.05, 0.1) is 10.6 Å². The summed E-state index contributed by atoms with van der Waals surface area (Å²) >= 11 is 6.01. The molecule has 102 valence electrons. The molecule has 1 aromatic heterocycles. The highest BCUT2D eigenvalue weighted by atomic mass is 35.5. The van der Waals surface area contributed by atoms with Crippen LogP contribution in [0.15, 0.2) is 36.5 Å². The number of nitrogens with zero attached hydrogens (tertiary/aromatic N) is 1. The zero-order valence-electron chi connectivity index (χ0n) is 11.1. The minimum atomic E-state index is -0.335. The van der Waals surface area contributed by atoms with E-state index in [1.54, 1.807) is 37.3 Å². The van der Waals surface area contributed by atoms with Crippen LogP contribution in [-0.2, 0) is 0 Å². The fourth-order valence-electron chi connectivity index (χ4n) is 1.68. The van der Waals surface area contributed by atoms with Crippen molar-refractivity contribution in [1.29, 1.82) is 0 Å². The third-order valence-corrected chi connectivity index (χ3v) is 3.10. The Morgan fingerprint density at radius 1 is 1.20 bits per heavy atom. The number of aryl methyl sites for hydroxylation is 1. The number of aromatic nitrogens is 1. The van der Waals surface area contributed by atoms with Crippen LogP contribution in [0.1, 0.15) is 33.3 Å².